The Kier molecular flexibility index (Phi) is 7.00. The normalized spacial score (nSPS) is 11.2. The van der Waals surface area contributed by atoms with E-state index < -0.39 is 11.7 Å². The Morgan fingerprint density at radius 2 is 2.04 bits per heavy atom. The molecule has 0 atom stereocenters. The molecule has 0 aliphatic rings. The minimum Gasteiger partial charge on any atom is -0.444 e. The topological polar surface area (TPSA) is 71.5 Å². The number of rotatable bonds is 6. The van der Waals surface area contributed by atoms with Gasteiger partial charge in [0.2, 0.25) is 5.91 Å². The monoisotopic (exact) mass is 321 g/mol. The summed E-state index contributed by atoms with van der Waals surface area (Å²) in [5.74, 6) is -0.0140. The zero-order valence-corrected chi connectivity index (χ0v) is 14.6. The Balaban J connectivity index is 2.48. The largest absolute Gasteiger partial charge is 0.444 e. The van der Waals surface area contributed by atoms with Crippen molar-refractivity contribution >= 4 is 12.0 Å². The molecule has 1 N–H and O–H groups in total. The first-order chi connectivity index (χ1) is 10.7. The van der Waals surface area contributed by atoms with Crippen LogP contribution >= 0.6 is 0 Å². The lowest BCUT2D eigenvalue weighted by atomic mass is 10.2. The lowest BCUT2D eigenvalue weighted by Crippen LogP contribution is -2.39. The van der Waals surface area contributed by atoms with Crippen LogP contribution in [0.25, 0.3) is 0 Å². The van der Waals surface area contributed by atoms with Crippen molar-refractivity contribution in [1.29, 1.82) is 0 Å². The van der Waals surface area contributed by atoms with E-state index in [-0.39, 0.29) is 24.9 Å². The molecule has 128 valence electrons. The van der Waals surface area contributed by atoms with E-state index in [1.807, 2.05) is 26.0 Å². The molecule has 1 aromatic rings. The smallest absolute Gasteiger partial charge is 0.407 e. The second kappa shape index (κ2) is 8.50. The van der Waals surface area contributed by atoms with Gasteiger partial charge in [-0.3, -0.25) is 9.78 Å². The number of carbonyl (C=O) groups excluding carboxylic acids is 2. The number of hydrogen-bond acceptors (Lipinski definition) is 4. The van der Waals surface area contributed by atoms with Crippen molar-refractivity contribution in [3.05, 3.63) is 30.1 Å². The number of carbonyl (C=O) groups is 2. The van der Waals surface area contributed by atoms with Crippen LogP contribution in [0.4, 0.5) is 4.79 Å². The van der Waals surface area contributed by atoms with Crippen molar-refractivity contribution in [1.82, 2.24) is 15.2 Å². The van der Waals surface area contributed by atoms with Crippen LogP contribution in [-0.2, 0) is 16.1 Å². The van der Waals surface area contributed by atoms with Crippen molar-refractivity contribution in [2.24, 2.45) is 0 Å². The molecule has 0 radical (unpaired) electrons. The standard InChI is InChI=1S/C17H27N3O3/c1-13(2)20(12-14-7-6-9-18-11-14)15(21)8-10-19-16(22)23-17(3,4)5/h6-7,9,11,13H,8,10,12H2,1-5H3,(H,19,22). The molecule has 0 aliphatic carbocycles. The Hall–Kier alpha value is -2.11. The second-order valence-electron chi connectivity index (χ2n) is 6.66. The summed E-state index contributed by atoms with van der Waals surface area (Å²) < 4.78 is 5.14. The van der Waals surface area contributed by atoms with Gasteiger partial charge < -0.3 is 15.0 Å². The summed E-state index contributed by atoms with van der Waals surface area (Å²) in [6.07, 6.45) is 3.18. The van der Waals surface area contributed by atoms with Crippen molar-refractivity contribution in [3.63, 3.8) is 0 Å². The Bertz CT molecular complexity index is 510. The molecule has 6 nitrogen and oxygen atoms in total. The summed E-state index contributed by atoms with van der Waals surface area (Å²) >= 11 is 0. The zero-order valence-electron chi connectivity index (χ0n) is 14.6. The van der Waals surface area contributed by atoms with E-state index in [1.165, 1.54) is 0 Å². The summed E-state index contributed by atoms with van der Waals surface area (Å²) in [5, 5.41) is 2.61. The fourth-order valence-electron chi connectivity index (χ4n) is 1.98. The molecule has 2 amide bonds. The zero-order chi connectivity index (χ0) is 17.5. The molecule has 1 heterocycles. The summed E-state index contributed by atoms with van der Waals surface area (Å²) in [6.45, 7) is 10.1. The van der Waals surface area contributed by atoms with Gasteiger partial charge in [0.1, 0.15) is 5.60 Å². The first-order valence-corrected chi connectivity index (χ1v) is 7.84. The summed E-state index contributed by atoms with van der Waals surface area (Å²) in [6, 6.07) is 3.86. The average Bonchev–Trinajstić information content (AvgIpc) is 2.43. The average molecular weight is 321 g/mol. The molecule has 1 rings (SSSR count). The fraction of sp³-hybridized carbons (Fsp3) is 0.588. The second-order valence-corrected chi connectivity index (χ2v) is 6.66. The van der Waals surface area contributed by atoms with E-state index in [9.17, 15) is 9.59 Å². The van der Waals surface area contributed by atoms with Gasteiger partial charge in [-0.15, -0.1) is 0 Å². The molecular weight excluding hydrogens is 294 g/mol. The van der Waals surface area contributed by atoms with Crippen molar-refractivity contribution < 1.29 is 14.3 Å². The third kappa shape index (κ3) is 7.63. The molecular formula is C17H27N3O3. The molecule has 0 spiro atoms. The van der Waals surface area contributed by atoms with E-state index in [0.717, 1.165) is 5.56 Å². The third-order valence-electron chi connectivity index (χ3n) is 3.03. The van der Waals surface area contributed by atoms with Crippen LogP contribution in [0.2, 0.25) is 0 Å². The Morgan fingerprint density at radius 3 is 2.57 bits per heavy atom. The number of amides is 2. The molecule has 0 saturated carbocycles. The fourth-order valence-corrected chi connectivity index (χ4v) is 1.98. The maximum Gasteiger partial charge on any atom is 0.407 e. The highest BCUT2D eigenvalue weighted by Gasteiger charge is 2.19. The maximum atomic E-state index is 12.4. The van der Waals surface area contributed by atoms with E-state index >= 15 is 0 Å². The van der Waals surface area contributed by atoms with Gasteiger partial charge in [0.25, 0.3) is 0 Å². The van der Waals surface area contributed by atoms with Crippen molar-refractivity contribution in [2.45, 2.75) is 59.2 Å². The number of hydrogen-bond donors (Lipinski definition) is 1. The minimum atomic E-state index is -0.543. The van der Waals surface area contributed by atoms with Gasteiger partial charge in [-0.25, -0.2) is 4.79 Å². The van der Waals surface area contributed by atoms with Gasteiger partial charge in [-0.2, -0.15) is 0 Å². The molecule has 23 heavy (non-hydrogen) atoms. The van der Waals surface area contributed by atoms with Crippen LogP contribution in [-0.4, -0.2) is 40.1 Å². The van der Waals surface area contributed by atoms with Gasteiger partial charge in [0.05, 0.1) is 0 Å². The third-order valence-corrected chi connectivity index (χ3v) is 3.03. The lowest BCUT2D eigenvalue weighted by molar-refractivity contribution is -0.133. The number of alkyl carbamates (subject to hydrolysis) is 1. The van der Waals surface area contributed by atoms with E-state index in [0.29, 0.717) is 6.54 Å². The number of aromatic nitrogens is 1. The van der Waals surface area contributed by atoms with Gasteiger partial charge in [0, 0.05) is 37.9 Å². The van der Waals surface area contributed by atoms with Gasteiger partial charge >= 0.3 is 6.09 Å². The number of nitrogens with one attached hydrogen (secondary N) is 1. The quantitative estimate of drug-likeness (QED) is 0.874. The van der Waals surface area contributed by atoms with E-state index in [4.69, 9.17) is 4.74 Å². The van der Waals surface area contributed by atoms with Crippen molar-refractivity contribution in [3.8, 4) is 0 Å². The first kappa shape index (κ1) is 18.9. The van der Waals surface area contributed by atoms with Crippen LogP contribution < -0.4 is 5.32 Å². The molecule has 0 bridgehead atoms. The van der Waals surface area contributed by atoms with Crippen LogP contribution in [0.5, 0.6) is 0 Å². The van der Waals surface area contributed by atoms with Crippen LogP contribution in [0, 0.1) is 0 Å². The molecule has 0 saturated heterocycles. The summed E-state index contributed by atoms with van der Waals surface area (Å²) in [7, 11) is 0. The number of ether oxygens (including phenoxy) is 1. The Morgan fingerprint density at radius 1 is 1.35 bits per heavy atom. The Labute approximate surface area is 138 Å². The molecule has 0 aromatic carbocycles. The summed E-state index contributed by atoms with van der Waals surface area (Å²) in [4.78, 5) is 29.8. The minimum absolute atomic E-state index is 0.0140. The predicted molar refractivity (Wildman–Crippen MR) is 88.8 cm³/mol. The first-order valence-electron chi connectivity index (χ1n) is 7.84. The number of pyridine rings is 1. The highest BCUT2D eigenvalue weighted by atomic mass is 16.6. The SMILES string of the molecule is CC(C)N(Cc1cccnc1)C(=O)CCNC(=O)OC(C)(C)C. The van der Waals surface area contributed by atoms with Crippen LogP contribution in [0.1, 0.15) is 46.6 Å². The van der Waals surface area contributed by atoms with E-state index in [1.54, 1.807) is 38.1 Å². The number of nitrogens with zero attached hydrogens (tertiary/aromatic N) is 2. The van der Waals surface area contributed by atoms with E-state index in [2.05, 4.69) is 10.3 Å². The van der Waals surface area contributed by atoms with Crippen LogP contribution in [0.3, 0.4) is 0 Å². The predicted octanol–water partition coefficient (Wildman–Crippen LogP) is 2.73. The van der Waals surface area contributed by atoms with Gasteiger partial charge in [0.15, 0.2) is 0 Å². The summed E-state index contributed by atoms with van der Waals surface area (Å²) in [5.41, 5.74) is 0.438. The maximum absolute atomic E-state index is 12.4. The molecule has 1 aromatic heterocycles. The highest BCUT2D eigenvalue weighted by Crippen LogP contribution is 2.09. The lowest BCUT2D eigenvalue weighted by Gasteiger charge is -2.27. The highest BCUT2D eigenvalue weighted by molar-refractivity contribution is 5.77. The molecule has 6 heteroatoms. The molecule has 0 aliphatic heterocycles. The van der Waals surface area contributed by atoms with Gasteiger partial charge in [-0.05, 0) is 46.2 Å². The molecule has 0 fully saturated rings. The van der Waals surface area contributed by atoms with Crippen molar-refractivity contribution in [2.75, 3.05) is 6.54 Å². The van der Waals surface area contributed by atoms with Crippen LogP contribution in [0.15, 0.2) is 24.5 Å². The van der Waals surface area contributed by atoms with Gasteiger partial charge in [-0.1, -0.05) is 6.07 Å². The molecule has 0 unspecified atom stereocenters.